The summed E-state index contributed by atoms with van der Waals surface area (Å²) in [5.74, 6) is 1.04. The molecule has 0 aliphatic rings. The van der Waals surface area contributed by atoms with Gasteiger partial charge < -0.3 is 14.8 Å². The molecule has 0 saturated carbocycles. The predicted molar refractivity (Wildman–Crippen MR) is 119 cm³/mol. The normalized spacial score (nSPS) is 12.2. The molecule has 2 aromatic carbocycles. The van der Waals surface area contributed by atoms with E-state index in [-0.39, 0.29) is 5.91 Å². The molecule has 7 nitrogen and oxygen atoms in total. The quantitative estimate of drug-likeness (QED) is 0.581. The highest BCUT2D eigenvalue weighted by atomic mass is 32.2. The molecule has 0 aromatic heterocycles. The van der Waals surface area contributed by atoms with Crippen LogP contribution >= 0.6 is 0 Å². The molecule has 30 heavy (non-hydrogen) atoms. The van der Waals surface area contributed by atoms with E-state index in [0.29, 0.717) is 31.0 Å². The van der Waals surface area contributed by atoms with E-state index in [1.165, 1.54) is 16.9 Å². The zero-order chi connectivity index (χ0) is 22.3. The molecule has 0 spiro atoms. The second kappa shape index (κ2) is 10.3. The number of carbonyl (C=O) groups excluding carboxylic acids is 1. The van der Waals surface area contributed by atoms with Crippen LogP contribution in [-0.2, 0) is 14.8 Å². The predicted octanol–water partition coefficient (Wildman–Crippen LogP) is 3.05. The molecular formula is C22H30N2O5S. The first-order valence-electron chi connectivity index (χ1n) is 9.80. The zero-order valence-electron chi connectivity index (χ0n) is 18.1. The number of anilines is 1. The fourth-order valence-corrected chi connectivity index (χ4v) is 3.18. The number of nitrogens with one attached hydrogen (secondary N) is 1. The first kappa shape index (κ1) is 23.5. The van der Waals surface area contributed by atoms with Crippen LogP contribution in [0.2, 0.25) is 0 Å². The summed E-state index contributed by atoms with van der Waals surface area (Å²) in [7, 11) is -1.85. The maximum atomic E-state index is 12.4. The summed E-state index contributed by atoms with van der Waals surface area (Å²) in [6.45, 7) is 6.66. The monoisotopic (exact) mass is 434 g/mol. The van der Waals surface area contributed by atoms with Crippen LogP contribution in [0.5, 0.6) is 11.5 Å². The van der Waals surface area contributed by atoms with Gasteiger partial charge >= 0.3 is 0 Å². The highest BCUT2D eigenvalue weighted by Gasteiger charge is 2.18. The summed E-state index contributed by atoms with van der Waals surface area (Å²) in [4.78, 5) is 12.4. The van der Waals surface area contributed by atoms with Crippen molar-refractivity contribution in [3.63, 3.8) is 0 Å². The summed E-state index contributed by atoms with van der Waals surface area (Å²) in [6.07, 6.45) is 0.984. The van der Waals surface area contributed by atoms with E-state index < -0.39 is 16.1 Å². The Morgan fingerprint density at radius 1 is 1.07 bits per heavy atom. The zero-order valence-corrected chi connectivity index (χ0v) is 19.0. The number of hydrogen-bond acceptors (Lipinski definition) is 5. The van der Waals surface area contributed by atoms with Gasteiger partial charge in [0.15, 0.2) is 6.10 Å². The fourth-order valence-electron chi connectivity index (χ4n) is 2.67. The lowest BCUT2D eigenvalue weighted by atomic mass is 10.1. The average Bonchev–Trinajstić information content (AvgIpc) is 2.71. The van der Waals surface area contributed by atoms with Crippen LogP contribution in [0.25, 0.3) is 0 Å². The Morgan fingerprint density at radius 2 is 1.70 bits per heavy atom. The van der Waals surface area contributed by atoms with E-state index in [1.807, 2.05) is 39.0 Å². The Bertz CT molecular complexity index is 958. The summed E-state index contributed by atoms with van der Waals surface area (Å²) in [5, 5.41) is 2.82. The van der Waals surface area contributed by atoms with Gasteiger partial charge in [-0.25, -0.2) is 8.42 Å². The highest BCUT2D eigenvalue weighted by Crippen LogP contribution is 2.21. The van der Waals surface area contributed by atoms with Gasteiger partial charge in [-0.1, -0.05) is 13.0 Å². The van der Waals surface area contributed by atoms with Gasteiger partial charge in [0.25, 0.3) is 5.91 Å². The molecule has 1 atom stereocenters. The lowest BCUT2D eigenvalue weighted by Crippen LogP contribution is -2.39. The molecule has 0 fully saturated rings. The molecule has 0 aliphatic carbocycles. The van der Waals surface area contributed by atoms with Crippen LogP contribution in [-0.4, -0.2) is 46.9 Å². The number of sulfonamides is 1. The molecule has 2 rings (SSSR count). The first-order chi connectivity index (χ1) is 14.1. The van der Waals surface area contributed by atoms with Crippen molar-refractivity contribution in [2.24, 2.45) is 0 Å². The van der Waals surface area contributed by atoms with Crippen LogP contribution in [0.1, 0.15) is 24.5 Å². The van der Waals surface area contributed by atoms with Gasteiger partial charge in [-0.05, 0) is 67.8 Å². The van der Waals surface area contributed by atoms with E-state index in [1.54, 1.807) is 24.3 Å². The smallest absolute Gasteiger partial charge is 0.261 e. The molecule has 0 unspecified atom stereocenters. The van der Waals surface area contributed by atoms with Crippen molar-refractivity contribution in [3.8, 4) is 11.5 Å². The lowest BCUT2D eigenvalue weighted by Gasteiger charge is -2.19. The van der Waals surface area contributed by atoms with Crippen molar-refractivity contribution in [2.45, 2.75) is 33.3 Å². The van der Waals surface area contributed by atoms with Crippen molar-refractivity contribution in [3.05, 3.63) is 53.6 Å². The standard InChI is InChI=1S/C22H30N2O5S/c1-6-21(29-19-11-8-18(9-12-19)24(4)30(5,26)27)22(25)23-13-14-28-20-10-7-16(2)17(3)15-20/h7-12,15,21H,6,13-14H2,1-5H3,(H,23,25)/t21-/m0/s1. The minimum Gasteiger partial charge on any atom is -0.492 e. The molecule has 0 radical (unpaired) electrons. The molecule has 164 valence electrons. The number of hydrogen-bond donors (Lipinski definition) is 1. The number of ether oxygens (including phenoxy) is 2. The highest BCUT2D eigenvalue weighted by molar-refractivity contribution is 7.92. The van der Waals surface area contributed by atoms with Crippen molar-refractivity contribution in [1.29, 1.82) is 0 Å². The molecule has 2 aromatic rings. The van der Waals surface area contributed by atoms with Gasteiger partial charge in [0.05, 0.1) is 18.5 Å². The lowest BCUT2D eigenvalue weighted by molar-refractivity contribution is -0.128. The molecule has 1 amide bonds. The van der Waals surface area contributed by atoms with Crippen molar-refractivity contribution in [2.75, 3.05) is 30.8 Å². The van der Waals surface area contributed by atoms with Crippen molar-refractivity contribution < 1.29 is 22.7 Å². The number of amides is 1. The first-order valence-corrected chi connectivity index (χ1v) is 11.6. The number of carbonyl (C=O) groups is 1. The number of rotatable bonds is 10. The van der Waals surface area contributed by atoms with Crippen LogP contribution < -0.4 is 19.1 Å². The molecule has 8 heteroatoms. The number of nitrogens with zero attached hydrogens (tertiary/aromatic N) is 1. The topological polar surface area (TPSA) is 84.9 Å². The third kappa shape index (κ3) is 6.66. The maximum absolute atomic E-state index is 12.4. The van der Waals surface area contributed by atoms with E-state index in [9.17, 15) is 13.2 Å². The van der Waals surface area contributed by atoms with Gasteiger partial charge in [0.1, 0.15) is 18.1 Å². The van der Waals surface area contributed by atoms with E-state index in [2.05, 4.69) is 5.32 Å². The summed E-state index contributed by atoms with van der Waals surface area (Å²) in [6, 6.07) is 12.5. The Kier molecular flexibility index (Phi) is 8.11. The molecule has 0 aliphatic heterocycles. The minimum absolute atomic E-state index is 0.224. The Balaban J connectivity index is 1.84. The van der Waals surface area contributed by atoms with E-state index in [0.717, 1.165) is 17.6 Å². The SMILES string of the molecule is CC[C@H](Oc1ccc(N(C)S(C)(=O)=O)cc1)C(=O)NCCOc1ccc(C)c(C)c1. The second-order valence-electron chi connectivity index (χ2n) is 7.12. The molecule has 0 bridgehead atoms. The number of aryl methyl sites for hydroxylation is 2. The van der Waals surface area contributed by atoms with Crippen LogP contribution in [0.4, 0.5) is 5.69 Å². The molecule has 0 heterocycles. The third-order valence-electron chi connectivity index (χ3n) is 4.79. The third-order valence-corrected chi connectivity index (χ3v) is 5.99. The van der Waals surface area contributed by atoms with Crippen LogP contribution in [0, 0.1) is 13.8 Å². The second-order valence-corrected chi connectivity index (χ2v) is 9.14. The van der Waals surface area contributed by atoms with Crippen LogP contribution in [0.15, 0.2) is 42.5 Å². The fraction of sp³-hybridized carbons (Fsp3) is 0.409. The van der Waals surface area contributed by atoms with Gasteiger partial charge in [-0.2, -0.15) is 0 Å². The molecule has 1 N–H and O–H groups in total. The Labute approximate surface area is 179 Å². The summed E-state index contributed by atoms with van der Waals surface area (Å²) < 4.78 is 35.8. The Hall–Kier alpha value is -2.74. The Morgan fingerprint density at radius 3 is 2.27 bits per heavy atom. The summed E-state index contributed by atoms with van der Waals surface area (Å²) >= 11 is 0. The van der Waals surface area contributed by atoms with Gasteiger partial charge in [-0.3, -0.25) is 9.10 Å². The van der Waals surface area contributed by atoms with Gasteiger partial charge in [0.2, 0.25) is 10.0 Å². The van der Waals surface area contributed by atoms with Crippen molar-refractivity contribution in [1.82, 2.24) is 5.32 Å². The van der Waals surface area contributed by atoms with Crippen molar-refractivity contribution >= 4 is 21.6 Å². The average molecular weight is 435 g/mol. The summed E-state index contributed by atoms with van der Waals surface area (Å²) in [5.41, 5.74) is 2.88. The van der Waals surface area contributed by atoms with Gasteiger partial charge in [-0.15, -0.1) is 0 Å². The van der Waals surface area contributed by atoms with E-state index >= 15 is 0 Å². The maximum Gasteiger partial charge on any atom is 0.261 e. The van der Waals surface area contributed by atoms with E-state index in [4.69, 9.17) is 9.47 Å². The van der Waals surface area contributed by atoms with Gasteiger partial charge in [0, 0.05) is 7.05 Å². The largest absolute Gasteiger partial charge is 0.492 e. The minimum atomic E-state index is -3.33. The molecule has 0 saturated heterocycles. The van der Waals surface area contributed by atoms with Crippen LogP contribution in [0.3, 0.4) is 0 Å². The molecular weight excluding hydrogens is 404 g/mol. The number of benzene rings is 2.